The molecule has 4 nitrogen and oxygen atoms in total. The van der Waals surface area contributed by atoms with Crippen LogP contribution in [-0.4, -0.2) is 26.1 Å². The van der Waals surface area contributed by atoms with Gasteiger partial charge in [0.2, 0.25) is 5.91 Å². The van der Waals surface area contributed by atoms with Gasteiger partial charge in [-0.2, -0.15) is 0 Å². The molecule has 1 aliphatic heterocycles. The summed E-state index contributed by atoms with van der Waals surface area (Å²) in [7, 11) is 1.67. The summed E-state index contributed by atoms with van der Waals surface area (Å²) >= 11 is 0. The van der Waals surface area contributed by atoms with E-state index in [4.69, 9.17) is 4.74 Å². The molecule has 0 radical (unpaired) electrons. The van der Waals surface area contributed by atoms with Crippen LogP contribution >= 0.6 is 0 Å². The van der Waals surface area contributed by atoms with Gasteiger partial charge in [-0.05, 0) is 56.0 Å². The summed E-state index contributed by atoms with van der Waals surface area (Å²) in [6.45, 7) is 2.26. The van der Waals surface area contributed by atoms with E-state index in [1.807, 2.05) is 36.4 Å². The second kappa shape index (κ2) is 7.02. The third-order valence-electron chi connectivity index (χ3n) is 5.86. The highest BCUT2D eigenvalue weighted by Crippen LogP contribution is 2.47. The molecule has 2 aromatic carbocycles. The van der Waals surface area contributed by atoms with Crippen LogP contribution in [0.25, 0.3) is 0 Å². The van der Waals surface area contributed by atoms with E-state index in [1.165, 1.54) is 18.5 Å². The van der Waals surface area contributed by atoms with Gasteiger partial charge in [0.05, 0.1) is 12.5 Å². The Kier molecular flexibility index (Phi) is 4.58. The van der Waals surface area contributed by atoms with Gasteiger partial charge >= 0.3 is 0 Å². The number of carbonyl (C=O) groups is 1. The number of amides is 1. The van der Waals surface area contributed by atoms with Crippen molar-refractivity contribution in [3.8, 4) is 5.75 Å². The minimum atomic E-state index is -0.472. The van der Waals surface area contributed by atoms with Gasteiger partial charge in [0.25, 0.3) is 0 Å². The Morgan fingerprint density at radius 1 is 1.00 bits per heavy atom. The number of benzene rings is 2. The zero-order chi connectivity index (χ0) is 18.0. The SMILES string of the molecule is COc1ccccc1C1(C(=O)Nc2ccc(N3CCCC3)cc2)CCC1. The number of hydrogen-bond donors (Lipinski definition) is 1. The molecule has 1 saturated carbocycles. The Morgan fingerprint density at radius 3 is 2.31 bits per heavy atom. The summed E-state index contributed by atoms with van der Waals surface area (Å²) in [5.41, 5.74) is 2.63. The lowest BCUT2D eigenvalue weighted by molar-refractivity contribution is -0.124. The third kappa shape index (κ3) is 2.94. The lowest BCUT2D eigenvalue weighted by atomic mass is 9.63. The van der Waals surface area contributed by atoms with Crippen molar-refractivity contribution in [3.63, 3.8) is 0 Å². The summed E-state index contributed by atoms with van der Waals surface area (Å²) in [6, 6.07) is 16.1. The molecule has 0 unspecified atom stereocenters. The highest BCUT2D eigenvalue weighted by Gasteiger charge is 2.47. The highest BCUT2D eigenvalue weighted by molar-refractivity contribution is 6.00. The Balaban J connectivity index is 1.53. The van der Waals surface area contributed by atoms with Crippen molar-refractivity contribution in [1.29, 1.82) is 0 Å². The minimum Gasteiger partial charge on any atom is -0.496 e. The van der Waals surface area contributed by atoms with Crippen molar-refractivity contribution < 1.29 is 9.53 Å². The number of para-hydroxylation sites is 1. The maximum Gasteiger partial charge on any atom is 0.235 e. The summed E-state index contributed by atoms with van der Waals surface area (Å²) in [5.74, 6) is 0.869. The molecule has 0 atom stereocenters. The number of rotatable bonds is 5. The highest BCUT2D eigenvalue weighted by atomic mass is 16.5. The molecule has 1 aliphatic carbocycles. The van der Waals surface area contributed by atoms with Crippen LogP contribution < -0.4 is 15.0 Å². The van der Waals surface area contributed by atoms with E-state index >= 15 is 0 Å². The Morgan fingerprint density at radius 2 is 1.69 bits per heavy atom. The second-order valence-electron chi connectivity index (χ2n) is 7.33. The minimum absolute atomic E-state index is 0.0715. The largest absolute Gasteiger partial charge is 0.496 e. The number of hydrogen-bond acceptors (Lipinski definition) is 3. The van der Waals surface area contributed by atoms with E-state index in [0.717, 1.165) is 49.4 Å². The number of nitrogens with one attached hydrogen (secondary N) is 1. The summed E-state index contributed by atoms with van der Waals surface area (Å²) < 4.78 is 5.51. The first-order valence-electron chi connectivity index (χ1n) is 9.53. The fourth-order valence-corrected chi connectivity index (χ4v) is 4.17. The van der Waals surface area contributed by atoms with Gasteiger partial charge in [-0.1, -0.05) is 24.6 Å². The summed E-state index contributed by atoms with van der Waals surface area (Å²) in [5, 5.41) is 3.14. The van der Waals surface area contributed by atoms with Gasteiger partial charge in [0.1, 0.15) is 5.75 Å². The molecule has 2 aliphatic rings. The van der Waals surface area contributed by atoms with Crippen LogP contribution in [0.2, 0.25) is 0 Å². The Bertz CT molecular complexity index is 775. The number of ether oxygens (including phenoxy) is 1. The van der Waals surface area contributed by atoms with Crippen LogP contribution in [0.1, 0.15) is 37.7 Å². The van der Waals surface area contributed by atoms with E-state index in [0.29, 0.717) is 0 Å². The van der Waals surface area contributed by atoms with Crippen LogP contribution in [0.5, 0.6) is 5.75 Å². The molecule has 1 amide bonds. The van der Waals surface area contributed by atoms with E-state index in [9.17, 15) is 4.79 Å². The smallest absolute Gasteiger partial charge is 0.235 e. The van der Waals surface area contributed by atoms with Crippen LogP contribution in [0.3, 0.4) is 0 Å². The molecule has 0 aromatic heterocycles. The molecule has 1 heterocycles. The van der Waals surface area contributed by atoms with Crippen molar-refractivity contribution in [2.75, 3.05) is 30.4 Å². The van der Waals surface area contributed by atoms with Crippen LogP contribution in [0, 0.1) is 0 Å². The molecule has 26 heavy (non-hydrogen) atoms. The van der Waals surface area contributed by atoms with Gasteiger partial charge in [0.15, 0.2) is 0 Å². The van der Waals surface area contributed by atoms with Crippen molar-refractivity contribution in [2.45, 2.75) is 37.5 Å². The van der Waals surface area contributed by atoms with E-state index < -0.39 is 5.41 Å². The molecular formula is C22H26N2O2. The first kappa shape index (κ1) is 17.0. The van der Waals surface area contributed by atoms with Gasteiger partial charge in [-0.25, -0.2) is 0 Å². The Hall–Kier alpha value is -2.49. The molecule has 136 valence electrons. The van der Waals surface area contributed by atoms with E-state index in [-0.39, 0.29) is 5.91 Å². The fourth-order valence-electron chi connectivity index (χ4n) is 4.17. The zero-order valence-corrected chi connectivity index (χ0v) is 15.3. The molecule has 0 bridgehead atoms. The first-order valence-corrected chi connectivity index (χ1v) is 9.53. The van der Waals surface area contributed by atoms with E-state index in [2.05, 4.69) is 22.3 Å². The zero-order valence-electron chi connectivity index (χ0n) is 15.3. The normalized spacial score (nSPS) is 18.3. The molecular weight excluding hydrogens is 324 g/mol. The predicted octanol–water partition coefficient (Wildman–Crippen LogP) is 4.36. The lowest BCUT2D eigenvalue weighted by Gasteiger charge is -2.41. The van der Waals surface area contributed by atoms with Crippen LogP contribution in [0.15, 0.2) is 48.5 Å². The maximum atomic E-state index is 13.1. The topological polar surface area (TPSA) is 41.6 Å². The molecule has 4 rings (SSSR count). The van der Waals surface area contributed by atoms with Gasteiger partial charge in [0, 0.05) is 30.0 Å². The standard InChI is InChI=1S/C22H26N2O2/c1-26-20-8-3-2-7-19(20)22(13-6-14-22)21(25)23-17-9-11-18(12-10-17)24-15-4-5-16-24/h2-3,7-12H,4-6,13-16H2,1H3,(H,23,25). The molecule has 1 saturated heterocycles. The average Bonchev–Trinajstić information content (AvgIpc) is 3.16. The van der Waals surface area contributed by atoms with Gasteiger partial charge in [-0.3, -0.25) is 4.79 Å². The van der Waals surface area contributed by atoms with Crippen molar-refractivity contribution in [3.05, 3.63) is 54.1 Å². The van der Waals surface area contributed by atoms with Crippen LogP contribution in [-0.2, 0) is 10.2 Å². The molecule has 4 heteroatoms. The Labute approximate surface area is 155 Å². The fraction of sp³-hybridized carbons (Fsp3) is 0.409. The first-order chi connectivity index (χ1) is 12.7. The molecule has 0 spiro atoms. The quantitative estimate of drug-likeness (QED) is 0.871. The number of methoxy groups -OCH3 is 1. The number of carbonyl (C=O) groups excluding carboxylic acids is 1. The molecule has 2 fully saturated rings. The third-order valence-corrected chi connectivity index (χ3v) is 5.86. The second-order valence-corrected chi connectivity index (χ2v) is 7.33. The van der Waals surface area contributed by atoms with Crippen molar-refractivity contribution >= 4 is 17.3 Å². The number of nitrogens with zero attached hydrogens (tertiary/aromatic N) is 1. The average molecular weight is 350 g/mol. The van der Waals surface area contributed by atoms with E-state index in [1.54, 1.807) is 7.11 Å². The van der Waals surface area contributed by atoms with Gasteiger partial charge < -0.3 is 15.0 Å². The van der Waals surface area contributed by atoms with Gasteiger partial charge in [-0.15, -0.1) is 0 Å². The predicted molar refractivity (Wildman–Crippen MR) is 105 cm³/mol. The monoisotopic (exact) mass is 350 g/mol. The molecule has 2 aromatic rings. The summed E-state index contributed by atoms with van der Waals surface area (Å²) in [6.07, 6.45) is 5.33. The van der Waals surface area contributed by atoms with Crippen molar-refractivity contribution in [2.24, 2.45) is 0 Å². The lowest BCUT2D eigenvalue weighted by Crippen LogP contribution is -2.46. The van der Waals surface area contributed by atoms with Crippen LogP contribution in [0.4, 0.5) is 11.4 Å². The number of anilines is 2. The van der Waals surface area contributed by atoms with Crippen molar-refractivity contribution in [1.82, 2.24) is 0 Å². The molecule has 1 N–H and O–H groups in total. The summed E-state index contributed by atoms with van der Waals surface area (Å²) in [4.78, 5) is 15.5. The maximum absolute atomic E-state index is 13.1.